The van der Waals surface area contributed by atoms with E-state index < -0.39 is 11.7 Å². The van der Waals surface area contributed by atoms with Crippen LogP contribution in [0.2, 0.25) is 0 Å². The number of nitrogens with zero attached hydrogens (tertiary/aromatic N) is 1. The zero-order valence-electron chi connectivity index (χ0n) is 14.9. The van der Waals surface area contributed by atoms with Gasteiger partial charge in [0.2, 0.25) is 5.91 Å². The topological polar surface area (TPSA) is 58.6 Å². The van der Waals surface area contributed by atoms with E-state index in [-0.39, 0.29) is 29.6 Å². The first kappa shape index (κ1) is 17.7. The minimum absolute atomic E-state index is 0.119. The highest BCUT2D eigenvalue weighted by Crippen LogP contribution is 2.35. The predicted molar refractivity (Wildman–Crippen MR) is 91.6 cm³/mol. The van der Waals surface area contributed by atoms with Crippen molar-refractivity contribution in [3.8, 4) is 0 Å². The van der Waals surface area contributed by atoms with Gasteiger partial charge in [-0.05, 0) is 51.3 Å². The fraction of sp³-hybridized carbons (Fsp3) is 0.579. The standard InChI is InChI=1S/C19H25FN2O3/c1-19(2,3)25-18(24)21-16-11-22(17(23)12-7-8-12)10-15(16)13-5-4-6-14(20)9-13/h4-6,9,12,15-16H,7-8,10-11H2,1-3H3,(H,21,24)/t15-,16+/m0/s1. The van der Waals surface area contributed by atoms with Gasteiger partial charge in [0.25, 0.3) is 0 Å². The number of carbonyl (C=O) groups is 2. The fourth-order valence-corrected chi connectivity index (χ4v) is 3.25. The molecule has 25 heavy (non-hydrogen) atoms. The second-order valence-electron chi connectivity index (χ2n) is 7.93. The van der Waals surface area contributed by atoms with Crippen molar-refractivity contribution in [2.24, 2.45) is 5.92 Å². The van der Waals surface area contributed by atoms with E-state index in [1.165, 1.54) is 12.1 Å². The van der Waals surface area contributed by atoms with E-state index >= 15 is 0 Å². The van der Waals surface area contributed by atoms with Crippen molar-refractivity contribution in [3.63, 3.8) is 0 Å². The number of likely N-dealkylation sites (tertiary alicyclic amines) is 1. The molecule has 6 heteroatoms. The normalized spacial score (nSPS) is 23.4. The molecule has 2 aliphatic rings. The van der Waals surface area contributed by atoms with E-state index in [1.54, 1.807) is 31.7 Å². The molecular weight excluding hydrogens is 323 g/mol. The summed E-state index contributed by atoms with van der Waals surface area (Å²) >= 11 is 0. The van der Waals surface area contributed by atoms with E-state index in [2.05, 4.69) is 5.32 Å². The van der Waals surface area contributed by atoms with Gasteiger partial charge in [-0.1, -0.05) is 12.1 Å². The summed E-state index contributed by atoms with van der Waals surface area (Å²) < 4.78 is 19.0. The molecule has 136 valence electrons. The van der Waals surface area contributed by atoms with Crippen LogP contribution < -0.4 is 5.32 Å². The largest absolute Gasteiger partial charge is 0.444 e. The van der Waals surface area contributed by atoms with Crippen LogP contribution in [0.4, 0.5) is 9.18 Å². The first-order valence-corrected chi connectivity index (χ1v) is 8.77. The van der Waals surface area contributed by atoms with Gasteiger partial charge < -0.3 is 15.0 Å². The third kappa shape index (κ3) is 4.50. The van der Waals surface area contributed by atoms with Crippen LogP contribution in [-0.4, -0.2) is 41.6 Å². The fourth-order valence-electron chi connectivity index (χ4n) is 3.25. The van der Waals surface area contributed by atoms with Crippen molar-refractivity contribution < 1.29 is 18.7 Å². The van der Waals surface area contributed by atoms with E-state index in [0.717, 1.165) is 18.4 Å². The second kappa shape index (κ2) is 6.65. The molecule has 2 fully saturated rings. The molecule has 2 amide bonds. The highest BCUT2D eigenvalue weighted by atomic mass is 19.1. The maximum atomic E-state index is 13.6. The molecule has 1 aliphatic carbocycles. The molecule has 2 atom stereocenters. The van der Waals surface area contributed by atoms with Crippen LogP contribution in [0.25, 0.3) is 0 Å². The number of alkyl carbamates (subject to hydrolysis) is 1. The molecule has 0 bridgehead atoms. The van der Waals surface area contributed by atoms with Crippen molar-refractivity contribution in [3.05, 3.63) is 35.6 Å². The first-order chi connectivity index (χ1) is 11.7. The lowest BCUT2D eigenvalue weighted by atomic mass is 9.94. The maximum Gasteiger partial charge on any atom is 0.407 e. The van der Waals surface area contributed by atoms with Crippen LogP contribution in [0.5, 0.6) is 0 Å². The summed E-state index contributed by atoms with van der Waals surface area (Å²) in [6, 6.07) is 6.06. The number of rotatable bonds is 3. The lowest BCUT2D eigenvalue weighted by Crippen LogP contribution is -2.43. The Bertz CT molecular complexity index is 667. The van der Waals surface area contributed by atoms with Crippen LogP contribution in [0, 0.1) is 11.7 Å². The summed E-state index contributed by atoms with van der Waals surface area (Å²) in [5, 5.41) is 2.87. The second-order valence-corrected chi connectivity index (χ2v) is 7.93. The highest BCUT2D eigenvalue weighted by Gasteiger charge is 2.42. The Balaban J connectivity index is 1.76. The molecule has 0 unspecified atom stereocenters. The number of carbonyl (C=O) groups excluding carboxylic acids is 2. The van der Waals surface area contributed by atoms with Crippen LogP contribution in [-0.2, 0) is 9.53 Å². The van der Waals surface area contributed by atoms with Crippen LogP contribution >= 0.6 is 0 Å². The van der Waals surface area contributed by atoms with E-state index in [0.29, 0.717) is 13.1 Å². The van der Waals surface area contributed by atoms with Gasteiger partial charge in [-0.3, -0.25) is 4.79 Å². The molecule has 0 spiro atoms. The summed E-state index contributed by atoms with van der Waals surface area (Å²) in [6.07, 6.45) is 1.36. The molecule has 0 aromatic heterocycles. The maximum absolute atomic E-state index is 13.6. The van der Waals surface area contributed by atoms with Gasteiger partial charge in [0.15, 0.2) is 0 Å². The number of hydrogen-bond acceptors (Lipinski definition) is 3. The monoisotopic (exact) mass is 348 g/mol. The molecule has 1 aromatic carbocycles. The van der Waals surface area contributed by atoms with Crippen molar-refractivity contribution in [2.75, 3.05) is 13.1 Å². The molecule has 1 saturated heterocycles. The van der Waals surface area contributed by atoms with Gasteiger partial charge in [0.1, 0.15) is 11.4 Å². The molecule has 1 N–H and O–H groups in total. The Morgan fingerprint density at radius 2 is 1.96 bits per heavy atom. The number of ether oxygens (including phenoxy) is 1. The minimum atomic E-state index is -0.597. The lowest BCUT2D eigenvalue weighted by molar-refractivity contribution is -0.131. The smallest absolute Gasteiger partial charge is 0.407 e. The average molecular weight is 348 g/mol. The molecule has 5 nitrogen and oxygen atoms in total. The third-order valence-electron chi connectivity index (χ3n) is 4.54. The van der Waals surface area contributed by atoms with Crippen molar-refractivity contribution in [1.29, 1.82) is 0 Å². The van der Waals surface area contributed by atoms with E-state index in [4.69, 9.17) is 4.74 Å². The molecule has 1 saturated carbocycles. The van der Waals surface area contributed by atoms with E-state index in [9.17, 15) is 14.0 Å². The zero-order valence-corrected chi connectivity index (χ0v) is 14.9. The quantitative estimate of drug-likeness (QED) is 0.913. The van der Waals surface area contributed by atoms with Crippen LogP contribution in [0.1, 0.15) is 45.1 Å². The van der Waals surface area contributed by atoms with Gasteiger partial charge in [-0.25, -0.2) is 9.18 Å². The summed E-state index contributed by atoms with van der Waals surface area (Å²) in [5.74, 6) is -0.213. The zero-order chi connectivity index (χ0) is 18.2. The van der Waals surface area contributed by atoms with Crippen molar-refractivity contribution >= 4 is 12.0 Å². The SMILES string of the molecule is CC(C)(C)OC(=O)N[C@@H]1CN(C(=O)C2CC2)C[C@H]1c1cccc(F)c1. The van der Waals surface area contributed by atoms with Crippen molar-refractivity contribution in [2.45, 2.75) is 51.2 Å². The third-order valence-corrected chi connectivity index (χ3v) is 4.54. The molecule has 0 radical (unpaired) electrons. The van der Waals surface area contributed by atoms with Gasteiger partial charge in [-0.15, -0.1) is 0 Å². The number of halogens is 1. The number of benzene rings is 1. The number of nitrogens with one attached hydrogen (secondary N) is 1. The number of hydrogen-bond donors (Lipinski definition) is 1. The Kier molecular flexibility index (Phi) is 4.71. The molecule has 3 rings (SSSR count). The Morgan fingerprint density at radius 1 is 1.24 bits per heavy atom. The summed E-state index contributed by atoms with van der Waals surface area (Å²) in [5.41, 5.74) is 0.188. The molecule has 1 aliphatic heterocycles. The summed E-state index contributed by atoms with van der Waals surface area (Å²) in [4.78, 5) is 26.4. The first-order valence-electron chi connectivity index (χ1n) is 8.77. The minimum Gasteiger partial charge on any atom is -0.444 e. The average Bonchev–Trinajstić information content (AvgIpc) is 3.26. The van der Waals surface area contributed by atoms with Gasteiger partial charge >= 0.3 is 6.09 Å². The summed E-state index contributed by atoms with van der Waals surface area (Å²) in [6.45, 7) is 6.31. The van der Waals surface area contributed by atoms with Gasteiger partial charge in [0, 0.05) is 24.9 Å². The Labute approximate surface area is 147 Å². The van der Waals surface area contributed by atoms with Crippen LogP contribution in [0.3, 0.4) is 0 Å². The number of amides is 2. The Hall–Kier alpha value is -2.11. The van der Waals surface area contributed by atoms with Gasteiger partial charge in [0.05, 0.1) is 6.04 Å². The molecular formula is C19H25FN2O3. The lowest BCUT2D eigenvalue weighted by Gasteiger charge is -2.24. The molecule has 1 aromatic rings. The van der Waals surface area contributed by atoms with Gasteiger partial charge in [-0.2, -0.15) is 0 Å². The Morgan fingerprint density at radius 3 is 2.56 bits per heavy atom. The van der Waals surface area contributed by atoms with E-state index in [1.807, 2.05) is 6.07 Å². The molecule has 1 heterocycles. The van der Waals surface area contributed by atoms with Crippen molar-refractivity contribution in [1.82, 2.24) is 10.2 Å². The van der Waals surface area contributed by atoms with Crippen LogP contribution in [0.15, 0.2) is 24.3 Å². The highest BCUT2D eigenvalue weighted by molar-refractivity contribution is 5.81. The predicted octanol–water partition coefficient (Wildman–Crippen LogP) is 3.05. The summed E-state index contributed by atoms with van der Waals surface area (Å²) in [7, 11) is 0.